The summed E-state index contributed by atoms with van der Waals surface area (Å²) in [6, 6.07) is 11.4. The molecule has 0 saturated carbocycles. The number of carbonyl (C=O) groups excluding carboxylic acids is 1. The van der Waals surface area contributed by atoms with Crippen LogP contribution in [0.4, 0.5) is 5.69 Å². The number of hydrogen-bond acceptors (Lipinski definition) is 5. The highest BCUT2D eigenvalue weighted by atomic mass is 32.2. The molecule has 1 amide bonds. The number of nitrogens with one attached hydrogen (secondary N) is 2. The Bertz CT molecular complexity index is 1290. The fourth-order valence-corrected chi connectivity index (χ4v) is 4.33. The summed E-state index contributed by atoms with van der Waals surface area (Å²) in [5.41, 5.74) is 4.68. The van der Waals surface area contributed by atoms with Gasteiger partial charge in [0.25, 0.3) is 5.56 Å². The molecule has 7 nitrogen and oxygen atoms in total. The Balaban J connectivity index is 1.60. The fourth-order valence-electron chi connectivity index (χ4n) is 3.53. The van der Waals surface area contributed by atoms with Crippen molar-refractivity contribution in [3.05, 3.63) is 75.6 Å². The molecule has 0 bridgehead atoms. The number of para-hydroxylation sites is 1. The number of H-pyrrole nitrogens is 1. The third-order valence-corrected chi connectivity index (χ3v) is 6.04. The van der Waals surface area contributed by atoms with Crippen LogP contribution in [0.25, 0.3) is 11.0 Å². The van der Waals surface area contributed by atoms with Crippen molar-refractivity contribution in [2.24, 2.45) is 0 Å². The number of aryl methyl sites for hydroxylation is 3. The Hall–Kier alpha value is -3.26. The molecule has 3 heterocycles. The minimum atomic E-state index is -0.190. The highest BCUT2D eigenvalue weighted by Crippen LogP contribution is 2.23. The number of amides is 1. The van der Waals surface area contributed by atoms with Gasteiger partial charge in [0.05, 0.1) is 24.1 Å². The first-order chi connectivity index (χ1) is 15.0. The summed E-state index contributed by atoms with van der Waals surface area (Å²) >= 11 is 1.24. The molecule has 160 valence electrons. The number of furan rings is 1. The topological polar surface area (TPSA) is 92.9 Å². The van der Waals surface area contributed by atoms with E-state index in [1.165, 1.54) is 11.8 Å². The van der Waals surface area contributed by atoms with Gasteiger partial charge in [0, 0.05) is 11.4 Å². The van der Waals surface area contributed by atoms with Gasteiger partial charge in [0.2, 0.25) is 5.91 Å². The van der Waals surface area contributed by atoms with Gasteiger partial charge in [-0.2, -0.15) is 0 Å². The summed E-state index contributed by atoms with van der Waals surface area (Å²) in [5.74, 6) is 0.639. The van der Waals surface area contributed by atoms with Crippen LogP contribution in [-0.4, -0.2) is 26.2 Å². The van der Waals surface area contributed by atoms with E-state index in [1.54, 1.807) is 16.9 Å². The predicted octanol–water partition coefficient (Wildman–Crippen LogP) is 4.28. The second-order valence-corrected chi connectivity index (χ2v) is 8.32. The van der Waals surface area contributed by atoms with Gasteiger partial charge < -0.3 is 14.7 Å². The van der Waals surface area contributed by atoms with Crippen LogP contribution in [0.5, 0.6) is 0 Å². The molecule has 0 fully saturated rings. The molecule has 0 aliphatic carbocycles. The molecule has 0 aliphatic rings. The molecule has 0 spiro atoms. The lowest BCUT2D eigenvalue weighted by molar-refractivity contribution is -0.113. The predicted molar refractivity (Wildman–Crippen MR) is 123 cm³/mol. The average Bonchev–Trinajstić information content (AvgIpc) is 3.39. The smallest absolute Gasteiger partial charge is 0.278 e. The van der Waals surface area contributed by atoms with E-state index in [-0.39, 0.29) is 23.8 Å². The Kier molecular flexibility index (Phi) is 5.99. The summed E-state index contributed by atoms with van der Waals surface area (Å²) in [6.45, 7) is 6.16. The minimum absolute atomic E-state index is 0.136. The van der Waals surface area contributed by atoms with E-state index in [1.807, 2.05) is 44.2 Å². The van der Waals surface area contributed by atoms with Gasteiger partial charge in [-0.15, -0.1) is 0 Å². The van der Waals surface area contributed by atoms with Crippen LogP contribution in [0, 0.1) is 13.8 Å². The van der Waals surface area contributed by atoms with Crippen molar-refractivity contribution in [2.75, 3.05) is 11.1 Å². The van der Waals surface area contributed by atoms with Crippen LogP contribution in [0.15, 0.2) is 57.0 Å². The molecule has 0 aliphatic heterocycles. The number of thioether (sulfide) groups is 1. The molecule has 0 atom stereocenters. The van der Waals surface area contributed by atoms with Gasteiger partial charge in [0.15, 0.2) is 5.16 Å². The molecule has 8 heteroatoms. The number of rotatable bonds is 7. The van der Waals surface area contributed by atoms with E-state index in [0.29, 0.717) is 22.0 Å². The van der Waals surface area contributed by atoms with E-state index < -0.39 is 0 Å². The number of carbonyl (C=O) groups is 1. The number of fused-ring (bicyclic) bond motifs is 1. The molecule has 0 radical (unpaired) electrons. The highest BCUT2D eigenvalue weighted by Gasteiger charge is 2.17. The molecule has 4 aromatic rings. The van der Waals surface area contributed by atoms with E-state index in [9.17, 15) is 9.59 Å². The van der Waals surface area contributed by atoms with Crippen molar-refractivity contribution in [1.82, 2.24) is 14.5 Å². The zero-order valence-electron chi connectivity index (χ0n) is 17.7. The van der Waals surface area contributed by atoms with Gasteiger partial charge >= 0.3 is 0 Å². The van der Waals surface area contributed by atoms with Crippen LogP contribution >= 0.6 is 11.8 Å². The molecule has 3 aromatic heterocycles. The lowest BCUT2D eigenvalue weighted by atomic mass is 10.1. The zero-order valence-corrected chi connectivity index (χ0v) is 18.5. The number of aromatic nitrogens is 3. The van der Waals surface area contributed by atoms with Crippen molar-refractivity contribution in [3.8, 4) is 0 Å². The van der Waals surface area contributed by atoms with Gasteiger partial charge in [0.1, 0.15) is 11.3 Å². The molecule has 31 heavy (non-hydrogen) atoms. The third-order valence-electron chi connectivity index (χ3n) is 5.07. The van der Waals surface area contributed by atoms with Gasteiger partial charge in [-0.1, -0.05) is 36.9 Å². The lowest BCUT2D eigenvalue weighted by Crippen LogP contribution is -2.25. The van der Waals surface area contributed by atoms with Gasteiger partial charge in [-0.3, -0.25) is 14.2 Å². The molecule has 1 aromatic carbocycles. The summed E-state index contributed by atoms with van der Waals surface area (Å²) in [6.07, 6.45) is 2.40. The van der Waals surface area contributed by atoms with Gasteiger partial charge in [-0.25, -0.2) is 4.98 Å². The van der Waals surface area contributed by atoms with E-state index in [0.717, 1.165) is 28.9 Å². The fraction of sp³-hybridized carbons (Fsp3) is 0.261. The maximum Gasteiger partial charge on any atom is 0.278 e. The second kappa shape index (κ2) is 8.85. The number of nitrogens with zero attached hydrogens (tertiary/aromatic N) is 2. The van der Waals surface area contributed by atoms with Crippen molar-refractivity contribution >= 4 is 34.4 Å². The first kappa shape index (κ1) is 21.0. The van der Waals surface area contributed by atoms with E-state index in [2.05, 4.69) is 22.2 Å². The standard InChI is InChI=1S/C23H24N4O3S/c1-4-16-8-5-7-14(2)20(16)26-19(28)13-31-23-25-18-11-15(3)24-21(18)22(29)27(23)12-17-9-6-10-30-17/h5-11,24H,4,12-13H2,1-3H3,(H,26,28). The Morgan fingerprint density at radius 1 is 1.26 bits per heavy atom. The summed E-state index contributed by atoms with van der Waals surface area (Å²) < 4.78 is 6.96. The van der Waals surface area contributed by atoms with Crippen molar-refractivity contribution in [1.29, 1.82) is 0 Å². The average molecular weight is 437 g/mol. The highest BCUT2D eigenvalue weighted by molar-refractivity contribution is 7.99. The maximum absolute atomic E-state index is 13.1. The van der Waals surface area contributed by atoms with Crippen molar-refractivity contribution in [2.45, 2.75) is 38.9 Å². The Labute approximate surface area is 183 Å². The molecule has 4 rings (SSSR count). The second-order valence-electron chi connectivity index (χ2n) is 7.38. The van der Waals surface area contributed by atoms with Crippen molar-refractivity contribution in [3.63, 3.8) is 0 Å². The van der Waals surface area contributed by atoms with E-state index in [4.69, 9.17) is 4.42 Å². The lowest BCUT2D eigenvalue weighted by Gasteiger charge is -2.14. The minimum Gasteiger partial charge on any atom is -0.467 e. The number of benzene rings is 1. The van der Waals surface area contributed by atoms with Crippen LogP contribution in [0.2, 0.25) is 0 Å². The monoisotopic (exact) mass is 436 g/mol. The van der Waals surface area contributed by atoms with E-state index >= 15 is 0 Å². The maximum atomic E-state index is 13.1. The van der Waals surface area contributed by atoms with Gasteiger partial charge in [-0.05, 0) is 49.6 Å². The van der Waals surface area contributed by atoms with Crippen LogP contribution in [0.3, 0.4) is 0 Å². The normalized spacial score (nSPS) is 11.2. The largest absolute Gasteiger partial charge is 0.467 e. The molecular weight excluding hydrogens is 412 g/mol. The Morgan fingerprint density at radius 2 is 2.10 bits per heavy atom. The summed E-state index contributed by atoms with van der Waals surface area (Å²) in [7, 11) is 0. The first-order valence-electron chi connectivity index (χ1n) is 10.1. The van der Waals surface area contributed by atoms with Crippen molar-refractivity contribution < 1.29 is 9.21 Å². The third kappa shape index (κ3) is 4.44. The molecule has 0 saturated heterocycles. The quantitative estimate of drug-likeness (QED) is 0.333. The van der Waals surface area contributed by atoms with Crippen LogP contribution in [0.1, 0.15) is 29.5 Å². The number of aromatic amines is 1. The zero-order chi connectivity index (χ0) is 22.0. The number of hydrogen-bond donors (Lipinski definition) is 2. The summed E-state index contributed by atoms with van der Waals surface area (Å²) in [4.78, 5) is 33.5. The van der Waals surface area contributed by atoms with Crippen LogP contribution in [-0.2, 0) is 17.8 Å². The first-order valence-corrected chi connectivity index (χ1v) is 11.1. The SMILES string of the molecule is CCc1cccc(C)c1NC(=O)CSc1nc2cc(C)[nH]c2c(=O)n1Cc1ccco1. The summed E-state index contributed by atoms with van der Waals surface area (Å²) in [5, 5.41) is 3.50. The molecule has 0 unspecified atom stereocenters. The molecular formula is C23H24N4O3S. The van der Waals surface area contributed by atoms with Crippen LogP contribution < -0.4 is 10.9 Å². The molecule has 2 N–H and O–H groups in total. The number of anilines is 1. The Morgan fingerprint density at radius 3 is 2.84 bits per heavy atom.